The summed E-state index contributed by atoms with van der Waals surface area (Å²) in [4.78, 5) is 21.0. The molecule has 30 heavy (non-hydrogen) atoms. The molecule has 0 aliphatic rings. The van der Waals surface area contributed by atoms with Gasteiger partial charge in [0.25, 0.3) is 0 Å². The van der Waals surface area contributed by atoms with Crippen LogP contribution in [0.3, 0.4) is 0 Å². The summed E-state index contributed by atoms with van der Waals surface area (Å²) in [5.41, 5.74) is 10.0. The third kappa shape index (κ3) is 5.57. The van der Waals surface area contributed by atoms with Crippen molar-refractivity contribution in [2.45, 2.75) is 52.7 Å². The Morgan fingerprint density at radius 2 is 2.03 bits per heavy atom. The van der Waals surface area contributed by atoms with Gasteiger partial charge in [0.15, 0.2) is 5.82 Å². The van der Waals surface area contributed by atoms with Gasteiger partial charge in [0, 0.05) is 32.3 Å². The number of pyridine rings is 1. The van der Waals surface area contributed by atoms with Crippen LogP contribution in [0.1, 0.15) is 43.1 Å². The summed E-state index contributed by atoms with van der Waals surface area (Å²) in [6.45, 7) is 6.52. The van der Waals surface area contributed by atoms with E-state index in [4.69, 9.17) is 10.5 Å². The smallest absolute Gasteiger partial charge is 0.220 e. The Morgan fingerprint density at radius 3 is 2.80 bits per heavy atom. The van der Waals surface area contributed by atoms with E-state index in [2.05, 4.69) is 19.9 Å². The van der Waals surface area contributed by atoms with Crippen LogP contribution in [0.4, 0.5) is 5.82 Å². The van der Waals surface area contributed by atoms with E-state index in [1.54, 1.807) is 6.20 Å². The van der Waals surface area contributed by atoms with Crippen molar-refractivity contribution >= 4 is 22.8 Å². The second-order valence-electron chi connectivity index (χ2n) is 7.38. The van der Waals surface area contributed by atoms with Crippen molar-refractivity contribution in [3.63, 3.8) is 0 Å². The maximum absolute atomic E-state index is 12.1. The molecule has 160 valence electrons. The fourth-order valence-electron chi connectivity index (χ4n) is 3.52. The average molecular weight is 410 g/mol. The number of nitrogens with one attached hydrogen (secondary N) is 1. The fraction of sp³-hybridized carbons (Fsp3) is 0.435. The predicted octanol–water partition coefficient (Wildman–Crippen LogP) is 3.39. The maximum Gasteiger partial charge on any atom is 0.220 e. The predicted molar refractivity (Wildman–Crippen MR) is 119 cm³/mol. The zero-order valence-electron chi connectivity index (χ0n) is 17.9. The summed E-state index contributed by atoms with van der Waals surface area (Å²) in [5.74, 6) is 1.40. The van der Waals surface area contributed by atoms with Crippen LogP contribution in [0.2, 0.25) is 0 Å². The number of fused-ring (bicyclic) bond motifs is 1. The topological polar surface area (TPSA) is 95.1 Å². The normalized spacial score (nSPS) is 11.1. The molecule has 1 amide bonds. The number of aromatic nitrogens is 3. The molecular formula is C23H31N5O2. The lowest BCUT2D eigenvalue weighted by Crippen LogP contribution is -2.24. The lowest BCUT2D eigenvalue weighted by atomic mass is 10.1. The first-order valence-corrected chi connectivity index (χ1v) is 10.6. The second-order valence-corrected chi connectivity index (χ2v) is 7.38. The monoisotopic (exact) mass is 409 g/mol. The van der Waals surface area contributed by atoms with Crippen LogP contribution < -0.4 is 11.1 Å². The van der Waals surface area contributed by atoms with Gasteiger partial charge in [-0.25, -0.2) is 9.97 Å². The number of carbonyl (C=O) groups is 1. The molecule has 3 rings (SSSR count). The third-order valence-electron chi connectivity index (χ3n) is 5.11. The molecule has 3 aromatic rings. The Morgan fingerprint density at radius 1 is 1.23 bits per heavy atom. The Hall–Kier alpha value is -2.93. The minimum absolute atomic E-state index is 0.0960. The summed E-state index contributed by atoms with van der Waals surface area (Å²) >= 11 is 0. The molecule has 7 nitrogen and oxygen atoms in total. The van der Waals surface area contributed by atoms with Crippen molar-refractivity contribution in [3.05, 3.63) is 53.5 Å². The molecular weight excluding hydrogens is 378 g/mol. The first-order chi connectivity index (χ1) is 14.6. The number of nitrogens with zero attached hydrogens (tertiary/aromatic N) is 3. The zero-order valence-corrected chi connectivity index (χ0v) is 17.9. The number of rotatable bonds is 11. The van der Waals surface area contributed by atoms with Crippen LogP contribution in [0, 0.1) is 6.92 Å². The summed E-state index contributed by atoms with van der Waals surface area (Å²) in [7, 11) is 0. The highest BCUT2D eigenvalue weighted by Gasteiger charge is 2.15. The van der Waals surface area contributed by atoms with Crippen LogP contribution >= 0.6 is 0 Å². The molecule has 0 fully saturated rings. The molecule has 3 N–H and O–H groups in total. The first-order valence-electron chi connectivity index (χ1n) is 10.6. The number of hydrogen-bond acceptors (Lipinski definition) is 5. The van der Waals surface area contributed by atoms with E-state index in [-0.39, 0.29) is 5.91 Å². The Kier molecular flexibility index (Phi) is 7.79. The Labute approximate surface area is 177 Å². The van der Waals surface area contributed by atoms with E-state index in [9.17, 15) is 4.79 Å². The minimum Gasteiger partial charge on any atom is -0.382 e. The van der Waals surface area contributed by atoms with Crippen LogP contribution in [0.15, 0.2) is 36.5 Å². The van der Waals surface area contributed by atoms with Crippen molar-refractivity contribution in [1.29, 1.82) is 0 Å². The van der Waals surface area contributed by atoms with Crippen LogP contribution in [0.5, 0.6) is 0 Å². The SMILES string of the molecule is CCOCc1nc2c(N)ncc(C)c2n1CCCCNC(=O)CCc1ccccc1. The highest BCUT2D eigenvalue weighted by atomic mass is 16.5. The number of nitrogens with two attached hydrogens (primary N) is 1. The Balaban J connectivity index is 1.51. The van der Waals surface area contributed by atoms with E-state index < -0.39 is 0 Å². The van der Waals surface area contributed by atoms with Gasteiger partial charge in [0.2, 0.25) is 5.91 Å². The van der Waals surface area contributed by atoms with Crippen LogP contribution in [0.25, 0.3) is 11.0 Å². The summed E-state index contributed by atoms with van der Waals surface area (Å²) < 4.78 is 7.77. The molecule has 7 heteroatoms. The molecule has 2 aromatic heterocycles. The number of anilines is 1. The number of imidazole rings is 1. The number of nitrogen functional groups attached to an aromatic ring is 1. The van der Waals surface area contributed by atoms with Gasteiger partial charge in [0.1, 0.15) is 17.9 Å². The summed E-state index contributed by atoms with van der Waals surface area (Å²) in [6, 6.07) is 10.1. The highest BCUT2D eigenvalue weighted by molar-refractivity contribution is 5.87. The van der Waals surface area contributed by atoms with Crippen molar-refractivity contribution in [3.8, 4) is 0 Å². The number of amides is 1. The minimum atomic E-state index is 0.0960. The lowest BCUT2D eigenvalue weighted by Gasteiger charge is -2.11. The van der Waals surface area contributed by atoms with Gasteiger partial charge in [-0.15, -0.1) is 0 Å². The van der Waals surface area contributed by atoms with Gasteiger partial charge in [-0.3, -0.25) is 4.79 Å². The van der Waals surface area contributed by atoms with E-state index in [0.29, 0.717) is 32.0 Å². The fourth-order valence-corrected chi connectivity index (χ4v) is 3.52. The first kappa shape index (κ1) is 21.8. The van der Waals surface area contributed by atoms with Gasteiger partial charge in [-0.1, -0.05) is 30.3 Å². The van der Waals surface area contributed by atoms with Crippen molar-refractivity contribution in [1.82, 2.24) is 19.9 Å². The van der Waals surface area contributed by atoms with Gasteiger partial charge in [-0.05, 0) is 44.2 Å². The van der Waals surface area contributed by atoms with Crippen molar-refractivity contribution in [2.24, 2.45) is 0 Å². The number of carbonyl (C=O) groups excluding carboxylic acids is 1. The van der Waals surface area contributed by atoms with E-state index in [0.717, 1.165) is 48.2 Å². The van der Waals surface area contributed by atoms with E-state index in [1.807, 2.05) is 44.2 Å². The van der Waals surface area contributed by atoms with E-state index in [1.165, 1.54) is 5.56 Å². The van der Waals surface area contributed by atoms with Crippen molar-refractivity contribution in [2.75, 3.05) is 18.9 Å². The number of ether oxygens (including phenoxy) is 1. The molecule has 0 bridgehead atoms. The molecule has 0 saturated carbocycles. The molecule has 1 aromatic carbocycles. The van der Waals surface area contributed by atoms with Gasteiger partial charge in [-0.2, -0.15) is 0 Å². The van der Waals surface area contributed by atoms with Gasteiger partial charge >= 0.3 is 0 Å². The van der Waals surface area contributed by atoms with Crippen LogP contribution in [-0.4, -0.2) is 33.6 Å². The molecule has 0 atom stereocenters. The van der Waals surface area contributed by atoms with Crippen molar-refractivity contribution < 1.29 is 9.53 Å². The number of benzene rings is 1. The molecule has 0 radical (unpaired) electrons. The molecule has 2 heterocycles. The zero-order chi connectivity index (χ0) is 21.3. The number of aryl methyl sites for hydroxylation is 3. The number of unbranched alkanes of at least 4 members (excludes halogenated alkanes) is 1. The number of hydrogen-bond donors (Lipinski definition) is 2. The largest absolute Gasteiger partial charge is 0.382 e. The van der Waals surface area contributed by atoms with Gasteiger partial charge in [0.05, 0.1) is 5.52 Å². The standard InChI is InChI=1S/C23H31N5O2/c1-3-30-16-19-27-21-22(17(2)15-26-23(21)24)28(19)14-8-7-13-25-20(29)12-11-18-9-5-4-6-10-18/h4-6,9-10,15H,3,7-8,11-14,16H2,1-2H3,(H2,24,26)(H,25,29). The molecule has 0 unspecified atom stereocenters. The summed E-state index contributed by atoms with van der Waals surface area (Å²) in [5, 5.41) is 3.02. The molecule has 0 aliphatic heterocycles. The van der Waals surface area contributed by atoms with E-state index >= 15 is 0 Å². The van der Waals surface area contributed by atoms with Crippen LogP contribution in [-0.2, 0) is 29.1 Å². The Bertz CT molecular complexity index is 969. The molecule has 0 aliphatic carbocycles. The highest BCUT2D eigenvalue weighted by Crippen LogP contribution is 2.24. The second kappa shape index (κ2) is 10.7. The van der Waals surface area contributed by atoms with Gasteiger partial charge < -0.3 is 20.4 Å². The quantitative estimate of drug-likeness (QED) is 0.473. The average Bonchev–Trinajstić information content (AvgIpc) is 3.13. The molecule has 0 spiro atoms. The summed E-state index contributed by atoms with van der Waals surface area (Å²) in [6.07, 6.45) is 4.88. The molecule has 0 saturated heterocycles. The third-order valence-corrected chi connectivity index (χ3v) is 5.11. The lowest BCUT2D eigenvalue weighted by molar-refractivity contribution is -0.121. The maximum atomic E-state index is 12.1.